The van der Waals surface area contributed by atoms with Gasteiger partial charge < -0.3 is 9.47 Å². The topological polar surface area (TPSA) is 61.6 Å². The molecule has 0 aliphatic carbocycles. The molecule has 20 heavy (non-hydrogen) atoms. The van der Waals surface area contributed by atoms with Crippen LogP contribution in [0.25, 0.3) is 0 Å². The number of hydrogen-bond acceptors (Lipinski definition) is 4. The van der Waals surface area contributed by atoms with Crippen LogP contribution in [0.5, 0.6) is 11.5 Å². The van der Waals surface area contributed by atoms with Crippen LogP contribution in [0, 0.1) is 13.7 Å². The monoisotopic (exact) mass is 385 g/mol. The molecular formula is C14H12INO4. The number of benzene rings is 2. The fraction of sp³-hybridized carbons (Fsp3) is 0.143. The quantitative estimate of drug-likeness (QED) is 0.447. The summed E-state index contributed by atoms with van der Waals surface area (Å²) in [7, 11) is 1.61. The number of ether oxygens (including phenoxy) is 2. The highest BCUT2D eigenvalue weighted by Gasteiger charge is 2.12. The van der Waals surface area contributed by atoms with Gasteiger partial charge in [-0.2, -0.15) is 0 Å². The molecule has 0 aliphatic heterocycles. The van der Waals surface area contributed by atoms with Crippen LogP contribution in [0.1, 0.15) is 5.56 Å². The van der Waals surface area contributed by atoms with Gasteiger partial charge in [0.1, 0.15) is 18.1 Å². The van der Waals surface area contributed by atoms with Crippen LogP contribution in [0.2, 0.25) is 0 Å². The second-order valence-corrected chi connectivity index (χ2v) is 5.17. The summed E-state index contributed by atoms with van der Waals surface area (Å²) in [6.45, 7) is 0.349. The Morgan fingerprint density at radius 2 is 1.80 bits per heavy atom. The van der Waals surface area contributed by atoms with E-state index < -0.39 is 4.92 Å². The lowest BCUT2D eigenvalue weighted by molar-refractivity contribution is -0.385. The van der Waals surface area contributed by atoms with Crippen molar-refractivity contribution >= 4 is 28.3 Å². The molecule has 0 atom stereocenters. The predicted molar refractivity (Wildman–Crippen MR) is 83.1 cm³/mol. The lowest BCUT2D eigenvalue weighted by Crippen LogP contribution is -1.97. The zero-order valence-electron chi connectivity index (χ0n) is 10.7. The molecule has 0 saturated carbocycles. The van der Waals surface area contributed by atoms with E-state index in [-0.39, 0.29) is 5.69 Å². The van der Waals surface area contributed by atoms with Crippen LogP contribution in [0.3, 0.4) is 0 Å². The first kappa shape index (κ1) is 14.6. The summed E-state index contributed by atoms with van der Waals surface area (Å²) in [5.41, 5.74) is 1.02. The minimum absolute atomic E-state index is 0.0535. The van der Waals surface area contributed by atoms with Crippen LogP contribution < -0.4 is 9.47 Å². The first-order valence-corrected chi connectivity index (χ1v) is 6.87. The number of nitro benzene ring substituents is 1. The van der Waals surface area contributed by atoms with Crippen molar-refractivity contribution in [1.29, 1.82) is 0 Å². The second kappa shape index (κ2) is 6.56. The molecule has 0 fully saturated rings. The molecule has 2 aromatic rings. The van der Waals surface area contributed by atoms with Crippen LogP contribution >= 0.6 is 22.6 Å². The molecule has 0 N–H and O–H groups in total. The molecule has 6 heteroatoms. The van der Waals surface area contributed by atoms with E-state index in [1.807, 2.05) is 46.9 Å². The Morgan fingerprint density at radius 3 is 2.40 bits per heavy atom. The number of methoxy groups -OCH3 is 1. The molecule has 0 radical (unpaired) electrons. The molecule has 0 unspecified atom stereocenters. The Hall–Kier alpha value is -1.83. The third-order valence-corrected chi connectivity index (χ3v) is 3.59. The number of rotatable bonds is 5. The molecule has 0 aromatic heterocycles. The van der Waals surface area contributed by atoms with Crippen LogP contribution in [-0.2, 0) is 6.61 Å². The van der Waals surface area contributed by atoms with Crippen molar-refractivity contribution in [3.05, 3.63) is 61.7 Å². The molecule has 104 valence electrons. The largest absolute Gasteiger partial charge is 0.497 e. The Balaban J connectivity index is 2.06. The molecule has 0 spiro atoms. The van der Waals surface area contributed by atoms with Gasteiger partial charge in [-0.25, -0.2) is 0 Å². The second-order valence-electron chi connectivity index (χ2n) is 4.01. The summed E-state index contributed by atoms with van der Waals surface area (Å²) in [4.78, 5) is 10.4. The van der Waals surface area contributed by atoms with Gasteiger partial charge in [0.2, 0.25) is 0 Å². The minimum atomic E-state index is -0.415. The molecule has 2 rings (SSSR count). The fourth-order valence-corrected chi connectivity index (χ4v) is 2.14. The number of nitrogens with zero attached hydrogens (tertiary/aromatic N) is 1. The SMILES string of the molecule is COc1ccc(COc2ccc(I)c([N+](=O)[O-])c2)cc1. The van der Waals surface area contributed by atoms with Gasteiger partial charge in [-0.15, -0.1) is 0 Å². The zero-order chi connectivity index (χ0) is 14.5. The van der Waals surface area contributed by atoms with E-state index in [1.54, 1.807) is 19.2 Å². The van der Waals surface area contributed by atoms with Gasteiger partial charge in [0.05, 0.1) is 21.7 Å². The number of halogens is 1. The van der Waals surface area contributed by atoms with E-state index in [0.717, 1.165) is 11.3 Å². The number of hydrogen-bond donors (Lipinski definition) is 0. The highest BCUT2D eigenvalue weighted by Crippen LogP contribution is 2.26. The standard InChI is InChI=1S/C14H12INO4/c1-19-11-4-2-10(3-5-11)9-20-12-6-7-13(15)14(8-12)16(17)18/h2-8H,9H2,1H3. The zero-order valence-corrected chi connectivity index (χ0v) is 12.9. The Morgan fingerprint density at radius 1 is 1.15 bits per heavy atom. The highest BCUT2D eigenvalue weighted by atomic mass is 127. The Bertz CT molecular complexity index is 613. The van der Waals surface area contributed by atoms with Crippen molar-refractivity contribution in [3.8, 4) is 11.5 Å². The Labute approximate surface area is 129 Å². The van der Waals surface area contributed by atoms with Crippen molar-refractivity contribution in [2.45, 2.75) is 6.61 Å². The highest BCUT2D eigenvalue weighted by molar-refractivity contribution is 14.1. The van der Waals surface area contributed by atoms with E-state index in [4.69, 9.17) is 9.47 Å². The summed E-state index contributed by atoms with van der Waals surface area (Å²) in [5.74, 6) is 1.26. The van der Waals surface area contributed by atoms with Gasteiger partial charge in [0, 0.05) is 0 Å². The van der Waals surface area contributed by atoms with E-state index in [2.05, 4.69) is 0 Å². The molecule has 0 saturated heterocycles. The molecular weight excluding hydrogens is 373 g/mol. The maximum Gasteiger partial charge on any atom is 0.286 e. The number of nitro groups is 1. The first-order chi connectivity index (χ1) is 9.60. The molecule has 0 aliphatic rings. The molecule has 5 nitrogen and oxygen atoms in total. The van der Waals surface area contributed by atoms with Gasteiger partial charge in [-0.05, 0) is 52.4 Å². The summed E-state index contributed by atoms with van der Waals surface area (Å²) in [6, 6.07) is 12.3. The van der Waals surface area contributed by atoms with E-state index in [9.17, 15) is 10.1 Å². The van der Waals surface area contributed by atoms with Crippen molar-refractivity contribution in [2.75, 3.05) is 7.11 Å². The van der Waals surface area contributed by atoms with E-state index in [1.165, 1.54) is 6.07 Å². The average molecular weight is 385 g/mol. The van der Waals surface area contributed by atoms with Crippen molar-refractivity contribution in [1.82, 2.24) is 0 Å². The summed E-state index contributed by atoms with van der Waals surface area (Å²) in [6.07, 6.45) is 0. The normalized spacial score (nSPS) is 10.1. The third kappa shape index (κ3) is 3.60. The van der Waals surface area contributed by atoms with Crippen molar-refractivity contribution in [3.63, 3.8) is 0 Å². The minimum Gasteiger partial charge on any atom is -0.497 e. The fourth-order valence-electron chi connectivity index (χ4n) is 1.61. The van der Waals surface area contributed by atoms with Gasteiger partial charge in [-0.3, -0.25) is 10.1 Å². The summed E-state index contributed by atoms with van der Waals surface area (Å²) >= 11 is 1.93. The average Bonchev–Trinajstić information content (AvgIpc) is 2.46. The molecule has 0 heterocycles. The molecule has 0 amide bonds. The Kier molecular flexibility index (Phi) is 4.78. The van der Waals surface area contributed by atoms with Gasteiger partial charge in [-0.1, -0.05) is 12.1 Å². The maximum absolute atomic E-state index is 10.9. The smallest absolute Gasteiger partial charge is 0.286 e. The summed E-state index contributed by atoms with van der Waals surface area (Å²) in [5, 5.41) is 10.9. The van der Waals surface area contributed by atoms with Gasteiger partial charge in [0.25, 0.3) is 5.69 Å². The van der Waals surface area contributed by atoms with Crippen LogP contribution in [0.15, 0.2) is 42.5 Å². The predicted octanol–water partition coefficient (Wildman–Crippen LogP) is 3.79. The lowest BCUT2D eigenvalue weighted by Gasteiger charge is -2.07. The van der Waals surface area contributed by atoms with Crippen LogP contribution in [-0.4, -0.2) is 12.0 Å². The van der Waals surface area contributed by atoms with E-state index >= 15 is 0 Å². The molecule has 0 bridgehead atoms. The molecule has 2 aromatic carbocycles. The lowest BCUT2D eigenvalue weighted by atomic mass is 10.2. The maximum atomic E-state index is 10.9. The van der Waals surface area contributed by atoms with Crippen LogP contribution in [0.4, 0.5) is 5.69 Å². The third-order valence-electron chi connectivity index (χ3n) is 2.68. The van der Waals surface area contributed by atoms with E-state index in [0.29, 0.717) is 15.9 Å². The van der Waals surface area contributed by atoms with Crippen molar-refractivity contribution < 1.29 is 14.4 Å². The van der Waals surface area contributed by atoms with Gasteiger partial charge >= 0.3 is 0 Å². The first-order valence-electron chi connectivity index (χ1n) is 5.80. The van der Waals surface area contributed by atoms with Crippen molar-refractivity contribution in [2.24, 2.45) is 0 Å². The summed E-state index contributed by atoms with van der Waals surface area (Å²) < 4.78 is 11.2. The van der Waals surface area contributed by atoms with Gasteiger partial charge in [0.15, 0.2) is 0 Å².